The van der Waals surface area contributed by atoms with Crippen LogP contribution in [-0.2, 0) is 22.4 Å². The second-order valence-electron chi connectivity index (χ2n) is 7.52. The van der Waals surface area contributed by atoms with Crippen molar-refractivity contribution in [2.45, 2.75) is 52.2 Å². The Labute approximate surface area is 145 Å². The number of hydrogen-bond acceptors (Lipinski definition) is 4. The minimum Gasteiger partial charge on any atom is -0.444 e. The summed E-state index contributed by atoms with van der Waals surface area (Å²) in [7, 11) is 0. The summed E-state index contributed by atoms with van der Waals surface area (Å²) >= 11 is 0. The number of fused-ring (bicyclic) bond motifs is 2. The SMILES string of the molecule is C[C@@H](NC(=O)OC(C)(C)C)c1nc2cc3c(c(F)c2[nH]1)CC(C=O)C3. The number of nitrogens with one attached hydrogen (secondary N) is 2. The van der Waals surface area contributed by atoms with Gasteiger partial charge in [0.25, 0.3) is 0 Å². The second-order valence-corrected chi connectivity index (χ2v) is 7.52. The van der Waals surface area contributed by atoms with E-state index in [0.29, 0.717) is 35.3 Å². The number of benzene rings is 1. The summed E-state index contributed by atoms with van der Waals surface area (Å²) < 4.78 is 20.0. The fourth-order valence-electron chi connectivity index (χ4n) is 3.10. The molecule has 1 aliphatic carbocycles. The van der Waals surface area contributed by atoms with Gasteiger partial charge in [0.15, 0.2) is 5.82 Å². The van der Waals surface area contributed by atoms with Crippen molar-refractivity contribution in [1.29, 1.82) is 0 Å². The van der Waals surface area contributed by atoms with E-state index >= 15 is 0 Å². The topological polar surface area (TPSA) is 84.1 Å². The van der Waals surface area contributed by atoms with Crippen LogP contribution in [0.15, 0.2) is 6.07 Å². The monoisotopic (exact) mass is 347 g/mol. The summed E-state index contributed by atoms with van der Waals surface area (Å²) in [6.07, 6.45) is 1.28. The number of aromatic nitrogens is 2. The third kappa shape index (κ3) is 3.50. The van der Waals surface area contributed by atoms with Gasteiger partial charge in [0.1, 0.15) is 23.2 Å². The Kier molecular flexibility index (Phi) is 4.26. The largest absolute Gasteiger partial charge is 0.444 e. The standard InChI is InChI=1S/C18H22FN3O3/c1-9(20-17(24)25-18(2,3)4)16-21-13-7-11-5-10(8-23)6-12(11)14(19)15(13)22-16/h7-10H,5-6H2,1-4H3,(H,20,24)(H,21,22)/t9-,10?/m1/s1. The molecule has 1 aromatic heterocycles. The van der Waals surface area contributed by atoms with Crippen molar-refractivity contribution in [2.75, 3.05) is 0 Å². The Hall–Kier alpha value is -2.44. The molecule has 7 heteroatoms. The number of H-pyrrole nitrogens is 1. The summed E-state index contributed by atoms with van der Waals surface area (Å²) in [5.41, 5.74) is 1.61. The van der Waals surface area contributed by atoms with Gasteiger partial charge in [-0.05, 0) is 57.7 Å². The van der Waals surface area contributed by atoms with E-state index < -0.39 is 17.7 Å². The number of carbonyl (C=O) groups excluding carboxylic acids is 2. The van der Waals surface area contributed by atoms with Crippen LogP contribution in [0, 0.1) is 11.7 Å². The molecule has 0 bridgehead atoms. The van der Waals surface area contributed by atoms with Crippen molar-refractivity contribution < 1.29 is 18.7 Å². The van der Waals surface area contributed by atoms with Crippen LogP contribution in [0.1, 0.15) is 50.7 Å². The first-order valence-corrected chi connectivity index (χ1v) is 8.32. The molecule has 2 N–H and O–H groups in total. The van der Waals surface area contributed by atoms with E-state index in [0.717, 1.165) is 11.8 Å². The lowest BCUT2D eigenvalue weighted by Crippen LogP contribution is -2.34. The van der Waals surface area contributed by atoms with Crippen LogP contribution in [0.25, 0.3) is 11.0 Å². The summed E-state index contributed by atoms with van der Waals surface area (Å²) in [6, 6.07) is 1.36. The van der Waals surface area contributed by atoms with E-state index in [2.05, 4.69) is 15.3 Å². The van der Waals surface area contributed by atoms with E-state index in [9.17, 15) is 14.0 Å². The van der Waals surface area contributed by atoms with E-state index in [1.54, 1.807) is 27.7 Å². The number of rotatable bonds is 3. The highest BCUT2D eigenvalue weighted by Crippen LogP contribution is 2.32. The number of carbonyl (C=O) groups is 2. The van der Waals surface area contributed by atoms with Gasteiger partial charge in [0.2, 0.25) is 0 Å². The van der Waals surface area contributed by atoms with E-state index in [1.807, 2.05) is 6.07 Å². The number of hydrogen-bond donors (Lipinski definition) is 2. The van der Waals surface area contributed by atoms with Crippen molar-refractivity contribution in [1.82, 2.24) is 15.3 Å². The maximum atomic E-state index is 14.7. The highest BCUT2D eigenvalue weighted by atomic mass is 19.1. The lowest BCUT2D eigenvalue weighted by atomic mass is 10.1. The normalized spacial score (nSPS) is 18.0. The number of aromatic amines is 1. The van der Waals surface area contributed by atoms with Gasteiger partial charge in [-0.25, -0.2) is 14.2 Å². The molecule has 3 rings (SSSR count). The Morgan fingerprint density at radius 1 is 1.48 bits per heavy atom. The van der Waals surface area contributed by atoms with Crippen molar-refractivity contribution in [3.63, 3.8) is 0 Å². The molecule has 0 radical (unpaired) electrons. The van der Waals surface area contributed by atoms with Gasteiger partial charge in [-0.1, -0.05) is 0 Å². The molecule has 1 amide bonds. The zero-order valence-electron chi connectivity index (χ0n) is 14.8. The van der Waals surface area contributed by atoms with Gasteiger partial charge in [0, 0.05) is 5.92 Å². The summed E-state index contributed by atoms with van der Waals surface area (Å²) in [4.78, 5) is 30.2. The molecule has 0 saturated heterocycles. The average Bonchev–Trinajstić information content (AvgIpc) is 3.09. The first-order valence-electron chi connectivity index (χ1n) is 8.32. The van der Waals surface area contributed by atoms with Crippen LogP contribution in [0.2, 0.25) is 0 Å². The minimum atomic E-state index is -0.598. The predicted molar refractivity (Wildman–Crippen MR) is 90.8 cm³/mol. The molecule has 6 nitrogen and oxygen atoms in total. The highest BCUT2D eigenvalue weighted by molar-refractivity contribution is 5.79. The molecule has 2 aromatic rings. The number of ether oxygens (including phenoxy) is 1. The van der Waals surface area contributed by atoms with Crippen LogP contribution < -0.4 is 5.32 Å². The molecule has 25 heavy (non-hydrogen) atoms. The molecule has 1 aliphatic rings. The van der Waals surface area contributed by atoms with Gasteiger partial charge in [-0.2, -0.15) is 0 Å². The second kappa shape index (κ2) is 6.13. The number of halogens is 1. The molecule has 2 atom stereocenters. The third-order valence-corrected chi connectivity index (χ3v) is 4.22. The van der Waals surface area contributed by atoms with Gasteiger partial charge in [-0.3, -0.25) is 0 Å². The quantitative estimate of drug-likeness (QED) is 0.835. The summed E-state index contributed by atoms with van der Waals surface area (Å²) in [6.45, 7) is 7.08. The van der Waals surface area contributed by atoms with Gasteiger partial charge >= 0.3 is 6.09 Å². The van der Waals surface area contributed by atoms with Gasteiger partial charge < -0.3 is 19.8 Å². The number of aldehydes is 1. The lowest BCUT2D eigenvalue weighted by molar-refractivity contribution is -0.110. The summed E-state index contributed by atoms with van der Waals surface area (Å²) in [5.74, 6) is -0.0707. The predicted octanol–water partition coefficient (Wildman–Crippen LogP) is 3.20. The lowest BCUT2D eigenvalue weighted by Gasteiger charge is -2.21. The molecular weight excluding hydrogens is 325 g/mol. The van der Waals surface area contributed by atoms with Gasteiger partial charge in [-0.15, -0.1) is 0 Å². The zero-order valence-corrected chi connectivity index (χ0v) is 14.8. The third-order valence-electron chi connectivity index (χ3n) is 4.22. The van der Waals surface area contributed by atoms with Gasteiger partial charge in [0.05, 0.1) is 11.6 Å². The minimum absolute atomic E-state index is 0.164. The Bertz CT molecular complexity index is 838. The first-order chi connectivity index (χ1) is 11.7. The molecule has 0 spiro atoms. The maximum absolute atomic E-state index is 14.7. The molecule has 1 aromatic carbocycles. The van der Waals surface area contributed by atoms with Crippen LogP contribution in [0.3, 0.4) is 0 Å². The molecule has 0 saturated carbocycles. The van der Waals surface area contributed by atoms with Crippen LogP contribution >= 0.6 is 0 Å². The number of imidazole rings is 1. The molecule has 0 aliphatic heterocycles. The Morgan fingerprint density at radius 2 is 2.20 bits per heavy atom. The average molecular weight is 347 g/mol. The van der Waals surface area contributed by atoms with Crippen LogP contribution in [-0.4, -0.2) is 27.9 Å². The van der Waals surface area contributed by atoms with Crippen molar-refractivity contribution in [3.8, 4) is 0 Å². The number of amides is 1. The Balaban J connectivity index is 1.84. The zero-order chi connectivity index (χ0) is 18.4. The first kappa shape index (κ1) is 17.4. The van der Waals surface area contributed by atoms with Crippen molar-refractivity contribution in [3.05, 3.63) is 28.8 Å². The smallest absolute Gasteiger partial charge is 0.408 e. The fraction of sp³-hybridized carbons (Fsp3) is 0.500. The van der Waals surface area contributed by atoms with Crippen LogP contribution in [0.4, 0.5) is 9.18 Å². The number of nitrogens with zero attached hydrogens (tertiary/aromatic N) is 1. The highest BCUT2D eigenvalue weighted by Gasteiger charge is 2.27. The molecule has 1 unspecified atom stereocenters. The van der Waals surface area contributed by atoms with Crippen molar-refractivity contribution >= 4 is 23.4 Å². The fourth-order valence-corrected chi connectivity index (χ4v) is 3.10. The summed E-state index contributed by atoms with van der Waals surface area (Å²) in [5, 5.41) is 2.68. The van der Waals surface area contributed by atoms with Crippen molar-refractivity contribution in [2.24, 2.45) is 5.92 Å². The maximum Gasteiger partial charge on any atom is 0.408 e. The molecule has 134 valence electrons. The van der Waals surface area contributed by atoms with E-state index in [1.165, 1.54) is 0 Å². The molecular formula is C18H22FN3O3. The van der Waals surface area contributed by atoms with E-state index in [4.69, 9.17) is 4.74 Å². The molecule has 1 heterocycles. The Morgan fingerprint density at radius 3 is 2.84 bits per heavy atom. The molecule has 0 fully saturated rings. The number of alkyl carbamates (subject to hydrolysis) is 1. The van der Waals surface area contributed by atoms with Crippen LogP contribution in [0.5, 0.6) is 0 Å². The van der Waals surface area contributed by atoms with E-state index in [-0.39, 0.29) is 11.7 Å².